The highest BCUT2D eigenvalue weighted by molar-refractivity contribution is 9.10. The Labute approximate surface area is 164 Å². The van der Waals surface area contributed by atoms with Crippen molar-refractivity contribution in [3.8, 4) is 23.1 Å². The van der Waals surface area contributed by atoms with Gasteiger partial charge in [0.25, 0.3) is 11.8 Å². The second kappa shape index (κ2) is 7.89. The third-order valence-corrected chi connectivity index (χ3v) is 5.69. The number of nitrogens with two attached hydrogens (primary N) is 1. The van der Waals surface area contributed by atoms with Crippen LogP contribution in [0.25, 0.3) is 11.3 Å². The second-order valence-electron chi connectivity index (χ2n) is 5.70. The van der Waals surface area contributed by atoms with Crippen molar-refractivity contribution in [1.29, 1.82) is 0 Å². The average Bonchev–Trinajstić information content (AvgIpc) is 3.08. The number of primary amides is 1. The fourth-order valence-electron chi connectivity index (χ4n) is 2.70. The van der Waals surface area contributed by atoms with Gasteiger partial charge in [-0.15, -0.1) is 0 Å². The molecule has 1 aliphatic heterocycles. The highest BCUT2D eigenvalue weighted by Gasteiger charge is 2.25. The van der Waals surface area contributed by atoms with Crippen LogP contribution < -0.4 is 10.6 Å². The molecule has 1 aromatic carbocycles. The number of amides is 2. The van der Waals surface area contributed by atoms with E-state index in [1.807, 2.05) is 24.3 Å². The fraction of sp³-hybridized carbons (Fsp3) is 0.278. The van der Waals surface area contributed by atoms with Gasteiger partial charge in [0, 0.05) is 36.2 Å². The molecule has 0 aliphatic carbocycles. The molecular weight excluding hydrogens is 416 g/mol. The Morgan fingerprint density at radius 2 is 1.85 bits per heavy atom. The molecule has 6 nitrogen and oxygen atoms in total. The van der Waals surface area contributed by atoms with E-state index < -0.39 is 5.91 Å². The summed E-state index contributed by atoms with van der Waals surface area (Å²) in [4.78, 5) is 32.6. The molecule has 0 bridgehead atoms. The lowest BCUT2D eigenvalue weighted by Gasteiger charge is -2.33. The number of thiazole rings is 1. The SMILES string of the molecule is CC#CC(=O)N1CCN(c2nc(-c3ccc(Br)cc3)c(C(N)=O)s2)CC1. The molecule has 8 heteroatoms. The molecule has 3 rings (SSSR count). The highest BCUT2D eigenvalue weighted by Crippen LogP contribution is 2.33. The quantitative estimate of drug-likeness (QED) is 0.754. The van der Waals surface area contributed by atoms with Gasteiger partial charge in [0.2, 0.25) is 0 Å². The Bertz CT molecular complexity index is 890. The van der Waals surface area contributed by atoms with Crippen molar-refractivity contribution < 1.29 is 9.59 Å². The molecule has 0 unspecified atom stereocenters. The number of rotatable bonds is 3. The number of benzene rings is 1. The minimum Gasteiger partial charge on any atom is -0.365 e. The van der Waals surface area contributed by atoms with Crippen molar-refractivity contribution >= 4 is 44.2 Å². The maximum absolute atomic E-state index is 11.9. The first-order valence-corrected chi connectivity index (χ1v) is 9.63. The van der Waals surface area contributed by atoms with E-state index in [2.05, 4.69) is 37.7 Å². The smallest absolute Gasteiger partial charge is 0.298 e. The van der Waals surface area contributed by atoms with Gasteiger partial charge in [-0.05, 0) is 25.0 Å². The molecule has 2 aromatic rings. The van der Waals surface area contributed by atoms with Gasteiger partial charge in [-0.25, -0.2) is 4.98 Å². The third-order valence-electron chi connectivity index (χ3n) is 4.03. The van der Waals surface area contributed by atoms with Gasteiger partial charge in [0.1, 0.15) is 4.88 Å². The van der Waals surface area contributed by atoms with Gasteiger partial charge in [0.05, 0.1) is 5.69 Å². The van der Waals surface area contributed by atoms with Gasteiger partial charge < -0.3 is 15.5 Å². The van der Waals surface area contributed by atoms with Crippen LogP contribution in [0.3, 0.4) is 0 Å². The van der Waals surface area contributed by atoms with Gasteiger partial charge in [-0.1, -0.05) is 45.3 Å². The summed E-state index contributed by atoms with van der Waals surface area (Å²) in [6, 6.07) is 7.60. The Kier molecular flexibility index (Phi) is 5.59. The summed E-state index contributed by atoms with van der Waals surface area (Å²) >= 11 is 4.69. The highest BCUT2D eigenvalue weighted by atomic mass is 79.9. The Balaban J connectivity index is 1.82. The Morgan fingerprint density at radius 1 is 1.19 bits per heavy atom. The fourth-order valence-corrected chi connectivity index (χ4v) is 3.96. The topological polar surface area (TPSA) is 79.5 Å². The molecule has 2 amide bonds. The molecule has 0 radical (unpaired) electrons. The minimum atomic E-state index is -0.487. The summed E-state index contributed by atoms with van der Waals surface area (Å²) in [5.41, 5.74) is 7.00. The number of carbonyl (C=O) groups excluding carboxylic acids is 2. The van der Waals surface area contributed by atoms with Crippen molar-refractivity contribution in [3.05, 3.63) is 33.6 Å². The van der Waals surface area contributed by atoms with Crippen LogP contribution in [0.2, 0.25) is 0 Å². The number of aromatic nitrogens is 1. The van der Waals surface area contributed by atoms with Crippen molar-refractivity contribution in [1.82, 2.24) is 9.88 Å². The maximum atomic E-state index is 11.9. The molecule has 1 saturated heterocycles. The summed E-state index contributed by atoms with van der Waals surface area (Å²) in [7, 11) is 0. The molecular formula is C18H17BrN4O2S. The van der Waals surface area contributed by atoms with E-state index in [1.165, 1.54) is 11.3 Å². The number of hydrogen-bond acceptors (Lipinski definition) is 5. The van der Waals surface area contributed by atoms with Crippen molar-refractivity contribution in [2.75, 3.05) is 31.1 Å². The second-order valence-corrected chi connectivity index (χ2v) is 7.59. The number of carbonyl (C=O) groups is 2. The first-order valence-electron chi connectivity index (χ1n) is 8.02. The third kappa shape index (κ3) is 3.89. The van der Waals surface area contributed by atoms with Crippen molar-refractivity contribution in [3.63, 3.8) is 0 Å². The lowest BCUT2D eigenvalue weighted by molar-refractivity contribution is -0.125. The minimum absolute atomic E-state index is 0.153. The summed E-state index contributed by atoms with van der Waals surface area (Å²) in [6.45, 7) is 4.09. The summed E-state index contributed by atoms with van der Waals surface area (Å²) in [5, 5.41) is 0.741. The van der Waals surface area contributed by atoms with E-state index in [0.29, 0.717) is 36.8 Å². The molecule has 0 atom stereocenters. The molecule has 1 fully saturated rings. The lowest BCUT2D eigenvalue weighted by atomic mass is 10.1. The van der Waals surface area contributed by atoms with Crippen LogP contribution in [0.15, 0.2) is 28.7 Å². The molecule has 0 spiro atoms. The first-order chi connectivity index (χ1) is 12.5. The van der Waals surface area contributed by atoms with E-state index in [9.17, 15) is 9.59 Å². The van der Waals surface area contributed by atoms with Crippen LogP contribution in [-0.4, -0.2) is 47.9 Å². The number of piperazine rings is 1. The van der Waals surface area contributed by atoms with Gasteiger partial charge in [-0.3, -0.25) is 9.59 Å². The van der Waals surface area contributed by atoms with Crippen LogP contribution in [0.5, 0.6) is 0 Å². The first kappa shape index (κ1) is 18.4. The Hall–Kier alpha value is -2.37. The molecule has 1 aliphatic rings. The van der Waals surface area contributed by atoms with E-state index >= 15 is 0 Å². The van der Waals surface area contributed by atoms with Gasteiger partial charge in [-0.2, -0.15) is 0 Å². The molecule has 1 aromatic heterocycles. The number of hydrogen-bond donors (Lipinski definition) is 1. The molecule has 26 heavy (non-hydrogen) atoms. The largest absolute Gasteiger partial charge is 0.365 e. The van der Waals surface area contributed by atoms with Crippen LogP contribution in [0.4, 0.5) is 5.13 Å². The number of nitrogens with zero attached hydrogens (tertiary/aromatic N) is 3. The zero-order valence-electron chi connectivity index (χ0n) is 14.2. The summed E-state index contributed by atoms with van der Waals surface area (Å²) in [6.07, 6.45) is 0. The molecule has 2 heterocycles. The summed E-state index contributed by atoms with van der Waals surface area (Å²) in [5.74, 6) is 4.56. The predicted molar refractivity (Wildman–Crippen MR) is 106 cm³/mol. The molecule has 134 valence electrons. The summed E-state index contributed by atoms with van der Waals surface area (Å²) < 4.78 is 0.952. The number of anilines is 1. The van der Waals surface area contributed by atoms with E-state index in [1.54, 1.807) is 11.8 Å². The Morgan fingerprint density at radius 3 is 2.42 bits per heavy atom. The maximum Gasteiger partial charge on any atom is 0.298 e. The van der Waals surface area contributed by atoms with Crippen molar-refractivity contribution in [2.24, 2.45) is 5.73 Å². The van der Waals surface area contributed by atoms with E-state index in [0.717, 1.165) is 15.2 Å². The van der Waals surface area contributed by atoms with Gasteiger partial charge in [0.15, 0.2) is 5.13 Å². The van der Waals surface area contributed by atoms with E-state index in [4.69, 9.17) is 5.73 Å². The van der Waals surface area contributed by atoms with Gasteiger partial charge >= 0.3 is 0 Å². The lowest BCUT2D eigenvalue weighted by Crippen LogP contribution is -2.48. The average molecular weight is 433 g/mol. The van der Waals surface area contributed by atoms with Crippen LogP contribution in [0.1, 0.15) is 16.6 Å². The number of halogens is 1. The van der Waals surface area contributed by atoms with Crippen LogP contribution in [0, 0.1) is 11.8 Å². The van der Waals surface area contributed by atoms with Crippen LogP contribution in [-0.2, 0) is 4.79 Å². The monoisotopic (exact) mass is 432 g/mol. The molecule has 2 N–H and O–H groups in total. The zero-order valence-corrected chi connectivity index (χ0v) is 16.6. The van der Waals surface area contributed by atoms with E-state index in [-0.39, 0.29) is 5.91 Å². The normalized spacial score (nSPS) is 13.9. The zero-order chi connectivity index (χ0) is 18.7. The van der Waals surface area contributed by atoms with Crippen molar-refractivity contribution in [2.45, 2.75) is 6.92 Å². The van der Waals surface area contributed by atoms with Crippen LogP contribution >= 0.6 is 27.3 Å². The molecule has 0 saturated carbocycles. The standard InChI is InChI=1S/C18H17BrN4O2S/c1-2-3-14(24)22-8-10-23(11-9-22)18-21-15(16(26-18)17(20)25)12-4-6-13(19)7-5-12/h4-7H,8-11H2,1H3,(H2,20,25). The predicted octanol–water partition coefficient (Wildman–Crippen LogP) is 2.34.